The van der Waals surface area contributed by atoms with Crippen LogP contribution in [0.15, 0.2) is 46.9 Å². The van der Waals surface area contributed by atoms with Crippen molar-refractivity contribution in [1.29, 1.82) is 0 Å². The van der Waals surface area contributed by atoms with Gasteiger partial charge in [0.1, 0.15) is 12.2 Å². The third-order valence-electron chi connectivity index (χ3n) is 2.51. The van der Waals surface area contributed by atoms with Crippen LogP contribution < -0.4 is 5.73 Å². The number of anilines is 1. The number of carbonyl (C=O) groups excluding carboxylic acids is 1. The van der Waals surface area contributed by atoms with Crippen LogP contribution >= 0.6 is 27.5 Å². The molecule has 0 amide bonds. The van der Waals surface area contributed by atoms with Gasteiger partial charge in [-0.2, -0.15) is 0 Å². The lowest BCUT2D eigenvalue weighted by atomic mass is 10.2. The van der Waals surface area contributed by atoms with Crippen LogP contribution in [-0.2, 0) is 11.3 Å². The standard InChI is InChI=1S/C14H11BrClNO2/c15-10-4-1-3-9(7-10)8-19-14(18)13-11(16)5-2-6-12(13)17/h1-7H,8,17H2. The molecule has 2 rings (SSSR count). The molecule has 0 spiro atoms. The lowest BCUT2D eigenvalue weighted by molar-refractivity contribution is 0.0474. The molecular formula is C14H11BrClNO2. The fourth-order valence-electron chi connectivity index (χ4n) is 1.60. The molecule has 0 saturated carbocycles. The molecule has 2 aromatic carbocycles. The molecule has 0 aliphatic carbocycles. The molecule has 19 heavy (non-hydrogen) atoms. The van der Waals surface area contributed by atoms with E-state index in [1.54, 1.807) is 18.2 Å². The van der Waals surface area contributed by atoms with E-state index < -0.39 is 5.97 Å². The first-order valence-corrected chi connectivity index (χ1v) is 6.70. The molecule has 98 valence electrons. The molecule has 0 heterocycles. The van der Waals surface area contributed by atoms with E-state index in [-0.39, 0.29) is 12.2 Å². The number of nitrogen functional groups attached to an aromatic ring is 1. The van der Waals surface area contributed by atoms with Gasteiger partial charge in [0.15, 0.2) is 0 Å². The first-order chi connectivity index (χ1) is 9.08. The number of rotatable bonds is 3. The maximum absolute atomic E-state index is 11.9. The van der Waals surface area contributed by atoms with Crippen molar-refractivity contribution < 1.29 is 9.53 Å². The number of nitrogens with two attached hydrogens (primary N) is 1. The Morgan fingerprint density at radius 1 is 1.26 bits per heavy atom. The minimum atomic E-state index is -0.525. The first kappa shape index (κ1) is 13.9. The summed E-state index contributed by atoms with van der Waals surface area (Å²) in [4.78, 5) is 11.9. The SMILES string of the molecule is Nc1cccc(Cl)c1C(=O)OCc1cccc(Br)c1. The highest BCUT2D eigenvalue weighted by molar-refractivity contribution is 9.10. The van der Waals surface area contributed by atoms with Crippen molar-refractivity contribution in [3.8, 4) is 0 Å². The number of hydrogen-bond acceptors (Lipinski definition) is 3. The Labute approximate surface area is 124 Å². The Hall–Kier alpha value is -1.52. The number of ether oxygens (including phenoxy) is 1. The minimum Gasteiger partial charge on any atom is -0.457 e. The summed E-state index contributed by atoms with van der Waals surface area (Å²) in [5.41, 5.74) is 7.12. The largest absolute Gasteiger partial charge is 0.457 e. The van der Waals surface area contributed by atoms with E-state index in [0.29, 0.717) is 10.7 Å². The molecule has 2 N–H and O–H groups in total. The summed E-state index contributed by atoms with van der Waals surface area (Å²) in [7, 11) is 0. The number of esters is 1. The number of benzene rings is 2. The van der Waals surface area contributed by atoms with Gasteiger partial charge in [-0.3, -0.25) is 0 Å². The first-order valence-electron chi connectivity index (χ1n) is 5.53. The van der Waals surface area contributed by atoms with Crippen molar-refractivity contribution in [1.82, 2.24) is 0 Å². The lowest BCUT2D eigenvalue weighted by Gasteiger charge is -2.08. The maximum atomic E-state index is 11.9. The molecule has 0 aliphatic heterocycles. The van der Waals surface area contributed by atoms with E-state index in [4.69, 9.17) is 22.1 Å². The molecule has 3 nitrogen and oxygen atoms in total. The van der Waals surface area contributed by atoms with E-state index in [1.807, 2.05) is 24.3 Å². The van der Waals surface area contributed by atoms with Crippen LogP contribution in [0.4, 0.5) is 5.69 Å². The van der Waals surface area contributed by atoms with E-state index >= 15 is 0 Å². The topological polar surface area (TPSA) is 52.3 Å². The van der Waals surface area contributed by atoms with Gasteiger partial charge in [0, 0.05) is 10.2 Å². The molecule has 0 saturated heterocycles. The molecule has 0 radical (unpaired) electrons. The molecule has 0 bridgehead atoms. The van der Waals surface area contributed by atoms with Crippen LogP contribution in [0, 0.1) is 0 Å². The van der Waals surface area contributed by atoms with Crippen LogP contribution in [-0.4, -0.2) is 5.97 Å². The van der Waals surface area contributed by atoms with E-state index in [0.717, 1.165) is 10.0 Å². The summed E-state index contributed by atoms with van der Waals surface area (Å²) in [6, 6.07) is 12.4. The average Bonchev–Trinajstić information content (AvgIpc) is 2.36. The highest BCUT2D eigenvalue weighted by atomic mass is 79.9. The van der Waals surface area contributed by atoms with Gasteiger partial charge in [-0.1, -0.05) is 45.7 Å². The van der Waals surface area contributed by atoms with Crippen molar-refractivity contribution in [3.05, 3.63) is 63.1 Å². The molecule has 0 fully saturated rings. The molecule has 2 aromatic rings. The van der Waals surface area contributed by atoms with Crippen LogP contribution in [0.25, 0.3) is 0 Å². The summed E-state index contributed by atoms with van der Waals surface area (Å²) in [5, 5.41) is 0.291. The van der Waals surface area contributed by atoms with Crippen LogP contribution in [0.3, 0.4) is 0 Å². The van der Waals surface area contributed by atoms with Crippen LogP contribution in [0.2, 0.25) is 5.02 Å². The monoisotopic (exact) mass is 339 g/mol. The number of halogens is 2. The zero-order chi connectivity index (χ0) is 13.8. The van der Waals surface area contributed by atoms with E-state index in [2.05, 4.69) is 15.9 Å². The Kier molecular flexibility index (Phi) is 4.45. The van der Waals surface area contributed by atoms with Gasteiger partial charge < -0.3 is 10.5 Å². The molecule has 5 heteroatoms. The number of carbonyl (C=O) groups is 1. The summed E-state index contributed by atoms with van der Waals surface area (Å²) in [6.07, 6.45) is 0. The molecule has 0 aromatic heterocycles. The zero-order valence-electron chi connectivity index (χ0n) is 9.90. The Bertz CT molecular complexity index is 596. The summed E-state index contributed by atoms with van der Waals surface area (Å²) < 4.78 is 6.14. The summed E-state index contributed by atoms with van der Waals surface area (Å²) in [6.45, 7) is 0.170. The summed E-state index contributed by atoms with van der Waals surface area (Å²) in [5.74, 6) is -0.525. The fourth-order valence-corrected chi connectivity index (χ4v) is 2.31. The Morgan fingerprint density at radius 3 is 2.68 bits per heavy atom. The van der Waals surface area contributed by atoms with Crippen molar-refractivity contribution >= 4 is 39.2 Å². The van der Waals surface area contributed by atoms with E-state index in [1.165, 1.54) is 0 Å². The molecule has 0 aliphatic rings. The highest BCUT2D eigenvalue weighted by Gasteiger charge is 2.15. The maximum Gasteiger partial charge on any atom is 0.342 e. The Morgan fingerprint density at radius 2 is 2.00 bits per heavy atom. The third-order valence-corrected chi connectivity index (χ3v) is 3.32. The smallest absolute Gasteiger partial charge is 0.342 e. The van der Waals surface area contributed by atoms with Gasteiger partial charge in [0.25, 0.3) is 0 Å². The second-order valence-electron chi connectivity index (χ2n) is 3.91. The van der Waals surface area contributed by atoms with Gasteiger partial charge in [-0.15, -0.1) is 0 Å². The van der Waals surface area contributed by atoms with Gasteiger partial charge >= 0.3 is 5.97 Å². The normalized spacial score (nSPS) is 10.2. The van der Waals surface area contributed by atoms with Crippen LogP contribution in [0.5, 0.6) is 0 Å². The third kappa shape index (κ3) is 3.49. The molecule has 0 atom stereocenters. The van der Waals surface area contributed by atoms with Crippen molar-refractivity contribution in [2.75, 3.05) is 5.73 Å². The van der Waals surface area contributed by atoms with Gasteiger partial charge in [-0.25, -0.2) is 4.79 Å². The quantitative estimate of drug-likeness (QED) is 0.677. The zero-order valence-corrected chi connectivity index (χ0v) is 12.2. The van der Waals surface area contributed by atoms with E-state index in [9.17, 15) is 4.79 Å². The molecular weight excluding hydrogens is 330 g/mol. The average molecular weight is 341 g/mol. The Balaban J connectivity index is 2.10. The lowest BCUT2D eigenvalue weighted by Crippen LogP contribution is -2.09. The second kappa shape index (κ2) is 6.08. The van der Waals surface area contributed by atoms with Crippen molar-refractivity contribution in [3.63, 3.8) is 0 Å². The predicted octanol–water partition coefficient (Wildman–Crippen LogP) is 4.04. The second-order valence-corrected chi connectivity index (χ2v) is 5.23. The van der Waals surface area contributed by atoms with Gasteiger partial charge in [-0.05, 0) is 29.8 Å². The minimum absolute atomic E-state index is 0.170. The van der Waals surface area contributed by atoms with Gasteiger partial charge in [0.2, 0.25) is 0 Å². The fraction of sp³-hybridized carbons (Fsp3) is 0.0714. The van der Waals surface area contributed by atoms with Gasteiger partial charge in [0.05, 0.1) is 5.02 Å². The summed E-state index contributed by atoms with van der Waals surface area (Å²) >= 11 is 9.30. The van der Waals surface area contributed by atoms with Crippen molar-refractivity contribution in [2.24, 2.45) is 0 Å². The number of hydrogen-bond donors (Lipinski definition) is 1. The predicted molar refractivity (Wildman–Crippen MR) is 79.1 cm³/mol. The van der Waals surface area contributed by atoms with Crippen molar-refractivity contribution in [2.45, 2.75) is 6.61 Å². The molecule has 0 unspecified atom stereocenters. The van der Waals surface area contributed by atoms with Crippen LogP contribution in [0.1, 0.15) is 15.9 Å². The highest BCUT2D eigenvalue weighted by Crippen LogP contribution is 2.23.